The van der Waals surface area contributed by atoms with Crippen molar-refractivity contribution in [2.24, 2.45) is 0 Å². The normalized spacial score (nSPS) is 16.3. The Labute approximate surface area is 254 Å². The van der Waals surface area contributed by atoms with E-state index in [1.807, 2.05) is 0 Å². The lowest BCUT2D eigenvalue weighted by molar-refractivity contribution is -0.148. The fraction of sp³-hybridized carbons (Fsp3) is 0.667. The molecule has 0 aliphatic carbocycles. The minimum atomic E-state index is -0.690. The van der Waals surface area contributed by atoms with Gasteiger partial charge >= 0.3 is 17.6 Å². The Bertz CT molecular complexity index is 1240. The molecule has 3 rings (SSSR count). The molecule has 43 heavy (non-hydrogen) atoms. The first-order valence-electron chi connectivity index (χ1n) is 16.1. The zero-order chi connectivity index (χ0) is 30.9. The smallest absolute Gasteiger partial charge is 0.341 e. The third-order valence-electron chi connectivity index (χ3n) is 7.90. The summed E-state index contributed by atoms with van der Waals surface area (Å²) >= 11 is 0. The predicted octanol–water partition coefficient (Wildman–Crippen LogP) is 6.23. The van der Waals surface area contributed by atoms with Crippen LogP contribution < -0.4 is 11.2 Å². The maximum atomic E-state index is 13.1. The van der Waals surface area contributed by atoms with E-state index in [0.29, 0.717) is 24.8 Å². The molecule has 2 aromatic heterocycles. The second-order valence-electron chi connectivity index (χ2n) is 11.5. The Kier molecular flexibility index (Phi) is 15.2. The molecule has 0 saturated carbocycles. The number of aromatic nitrogens is 3. The highest BCUT2D eigenvalue weighted by Crippen LogP contribution is 2.27. The van der Waals surface area contributed by atoms with Gasteiger partial charge in [-0.05, 0) is 38.3 Å². The number of nitrogens with zero attached hydrogens (tertiary/aromatic N) is 3. The molecule has 2 aromatic rings. The molecule has 0 spiro atoms. The van der Waals surface area contributed by atoms with Gasteiger partial charge < -0.3 is 14.2 Å². The summed E-state index contributed by atoms with van der Waals surface area (Å²) in [6.07, 6.45) is 21.2. The van der Waals surface area contributed by atoms with E-state index in [1.165, 1.54) is 93.4 Å². The number of carbonyl (C=O) groups is 2. The van der Waals surface area contributed by atoms with Crippen molar-refractivity contribution in [3.05, 3.63) is 62.7 Å². The second-order valence-corrected chi connectivity index (χ2v) is 11.5. The van der Waals surface area contributed by atoms with E-state index in [9.17, 15) is 19.2 Å². The fourth-order valence-electron chi connectivity index (χ4n) is 5.33. The molecule has 0 aromatic carbocycles. The van der Waals surface area contributed by atoms with E-state index in [1.54, 1.807) is 13.0 Å². The van der Waals surface area contributed by atoms with Crippen LogP contribution in [0.15, 0.2) is 40.3 Å². The fourth-order valence-corrected chi connectivity index (χ4v) is 5.33. The standard InChI is InChI=1S/C33H49N3O7/c1-3-4-5-6-7-8-9-10-11-12-13-14-15-18-30(37)41-24-28-19-20-29(43-28)35-23-26(2)31(38)36(33(35)40)25-42-32(39)27-17-16-21-34-22-27/h16-17,21-23,28-29H,3-15,18-20,24-25H2,1-2H3/t28-,29+/m0/s1. The monoisotopic (exact) mass is 599 g/mol. The van der Waals surface area contributed by atoms with E-state index in [4.69, 9.17) is 14.2 Å². The average molecular weight is 600 g/mol. The molecule has 3 heterocycles. The predicted molar refractivity (Wildman–Crippen MR) is 164 cm³/mol. The lowest BCUT2D eigenvalue weighted by Crippen LogP contribution is -2.43. The first kappa shape index (κ1) is 34.2. The first-order valence-corrected chi connectivity index (χ1v) is 16.1. The molecule has 1 saturated heterocycles. The lowest BCUT2D eigenvalue weighted by Gasteiger charge is -2.18. The highest BCUT2D eigenvalue weighted by atomic mass is 16.6. The van der Waals surface area contributed by atoms with E-state index in [0.717, 1.165) is 23.8 Å². The van der Waals surface area contributed by atoms with Crippen molar-refractivity contribution in [1.82, 2.24) is 14.1 Å². The highest BCUT2D eigenvalue weighted by Gasteiger charge is 2.29. The Morgan fingerprint density at radius 1 is 0.930 bits per heavy atom. The largest absolute Gasteiger partial charge is 0.463 e. The SMILES string of the molecule is CCCCCCCCCCCCCCCC(=O)OC[C@@H]1CC[C@H](n2cc(C)c(=O)n(COC(=O)c3cccnc3)c2=O)O1. The molecule has 0 amide bonds. The van der Waals surface area contributed by atoms with Crippen molar-refractivity contribution >= 4 is 11.9 Å². The molecule has 1 aliphatic heterocycles. The zero-order valence-corrected chi connectivity index (χ0v) is 26.0. The van der Waals surface area contributed by atoms with Crippen LogP contribution in [0, 0.1) is 6.92 Å². The summed E-state index contributed by atoms with van der Waals surface area (Å²) in [6, 6.07) is 3.12. The molecule has 0 radical (unpaired) electrons. The molecule has 0 N–H and O–H groups in total. The summed E-state index contributed by atoms with van der Waals surface area (Å²) < 4.78 is 18.9. The lowest BCUT2D eigenvalue weighted by atomic mass is 10.0. The Morgan fingerprint density at radius 3 is 2.21 bits per heavy atom. The molecule has 10 nitrogen and oxygen atoms in total. The van der Waals surface area contributed by atoms with Crippen molar-refractivity contribution in [1.29, 1.82) is 0 Å². The molecular weight excluding hydrogens is 550 g/mol. The van der Waals surface area contributed by atoms with Crippen LogP contribution in [-0.2, 0) is 25.7 Å². The molecule has 0 bridgehead atoms. The third-order valence-corrected chi connectivity index (χ3v) is 7.90. The van der Waals surface area contributed by atoms with Crippen molar-refractivity contribution in [3.8, 4) is 0 Å². The number of ether oxygens (including phenoxy) is 3. The summed E-state index contributed by atoms with van der Waals surface area (Å²) in [6.45, 7) is 3.44. The zero-order valence-electron chi connectivity index (χ0n) is 26.0. The van der Waals surface area contributed by atoms with Gasteiger partial charge in [0.15, 0.2) is 6.73 Å². The average Bonchev–Trinajstić information content (AvgIpc) is 3.49. The number of esters is 2. The van der Waals surface area contributed by atoms with E-state index < -0.39 is 30.2 Å². The summed E-state index contributed by atoms with van der Waals surface area (Å²) in [5.74, 6) is -0.919. The molecule has 0 unspecified atom stereocenters. The number of aryl methyl sites for hydroxylation is 1. The van der Waals surface area contributed by atoms with Crippen LogP contribution in [0.1, 0.15) is 132 Å². The van der Waals surface area contributed by atoms with Gasteiger partial charge in [0, 0.05) is 30.6 Å². The van der Waals surface area contributed by atoms with Gasteiger partial charge in [0.25, 0.3) is 5.56 Å². The summed E-state index contributed by atoms with van der Waals surface area (Å²) in [5.41, 5.74) is -0.654. The summed E-state index contributed by atoms with van der Waals surface area (Å²) in [4.78, 5) is 54.1. The Morgan fingerprint density at radius 2 is 1.58 bits per heavy atom. The summed E-state index contributed by atoms with van der Waals surface area (Å²) in [5, 5.41) is 0. The van der Waals surface area contributed by atoms with Crippen LogP contribution in [-0.4, -0.2) is 38.8 Å². The highest BCUT2D eigenvalue weighted by molar-refractivity contribution is 5.88. The third kappa shape index (κ3) is 11.7. The van der Waals surface area contributed by atoms with E-state index in [2.05, 4.69) is 11.9 Å². The topological polar surface area (TPSA) is 119 Å². The number of carbonyl (C=O) groups excluding carboxylic acids is 2. The molecule has 10 heteroatoms. The van der Waals surface area contributed by atoms with Gasteiger partial charge in [-0.2, -0.15) is 0 Å². The van der Waals surface area contributed by atoms with Gasteiger partial charge in [0.1, 0.15) is 12.8 Å². The summed E-state index contributed by atoms with van der Waals surface area (Å²) in [7, 11) is 0. The van der Waals surface area contributed by atoms with Gasteiger partial charge in [0.05, 0.1) is 11.7 Å². The quantitative estimate of drug-likeness (QED) is 0.130. The van der Waals surface area contributed by atoms with Gasteiger partial charge in [-0.15, -0.1) is 0 Å². The number of pyridine rings is 1. The maximum Gasteiger partial charge on any atom is 0.341 e. The minimum absolute atomic E-state index is 0.129. The Hall–Kier alpha value is -3.27. The molecule has 2 atom stereocenters. The van der Waals surface area contributed by atoms with Crippen molar-refractivity contribution in [2.75, 3.05) is 6.61 Å². The van der Waals surface area contributed by atoms with Gasteiger partial charge in [-0.1, -0.05) is 84.0 Å². The van der Waals surface area contributed by atoms with Crippen molar-refractivity contribution in [3.63, 3.8) is 0 Å². The Balaban J connectivity index is 1.32. The van der Waals surface area contributed by atoms with Crippen molar-refractivity contribution < 1.29 is 23.8 Å². The number of rotatable bonds is 20. The van der Waals surface area contributed by atoms with Crippen LogP contribution in [0.4, 0.5) is 0 Å². The molecule has 1 fully saturated rings. The van der Waals surface area contributed by atoms with Crippen LogP contribution >= 0.6 is 0 Å². The maximum absolute atomic E-state index is 13.1. The van der Waals surface area contributed by atoms with Crippen LogP contribution in [0.25, 0.3) is 0 Å². The van der Waals surface area contributed by atoms with Crippen LogP contribution in [0.3, 0.4) is 0 Å². The molecular formula is C33H49N3O7. The van der Waals surface area contributed by atoms with Gasteiger partial charge in [-0.3, -0.25) is 19.1 Å². The number of unbranched alkanes of at least 4 members (excludes halogenated alkanes) is 12. The molecule has 1 aliphatic rings. The molecule has 238 valence electrons. The second kappa shape index (κ2) is 19.1. The minimum Gasteiger partial charge on any atom is -0.463 e. The van der Waals surface area contributed by atoms with Gasteiger partial charge in [0.2, 0.25) is 0 Å². The van der Waals surface area contributed by atoms with E-state index in [-0.39, 0.29) is 24.2 Å². The van der Waals surface area contributed by atoms with Crippen LogP contribution in [0.2, 0.25) is 0 Å². The van der Waals surface area contributed by atoms with Crippen LogP contribution in [0.5, 0.6) is 0 Å². The number of hydrogen-bond donors (Lipinski definition) is 0. The van der Waals surface area contributed by atoms with Gasteiger partial charge in [-0.25, -0.2) is 14.2 Å². The van der Waals surface area contributed by atoms with E-state index >= 15 is 0 Å². The first-order chi connectivity index (χ1) is 20.9. The van der Waals surface area contributed by atoms with Crippen molar-refractivity contribution in [2.45, 2.75) is 136 Å². The number of hydrogen-bond acceptors (Lipinski definition) is 8.